The third-order valence-electron chi connectivity index (χ3n) is 5.06. The molecule has 2 heterocycles. The standard InChI is InChI=1S/C22H21F2N3O2/c23-16-9-7-15(8-10-16)22(28)27-12-3-5-20(27)19-14-17(25-26-19)11-13-29-21-6-2-1-4-18(21)24/h1-2,4,6-10,14,20H,3,5,11-13H2,(H,25,26)/t20-/m0/s1. The molecule has 7 heteroatoms. The predicted molar refractivity (Wildman–Crippen MR) is 104 cm³/mol. The number of halogens is 2. The smallest absolute Gasteiger partial charge is 0.254 e. The minimum atomic E-state index is -0.390. The van der Waals surface area contributed by atoms with Crippen LogP contribution >= 0.6 is 0 Å². The Kier molecular flexibility index (Phi) is 5.55. The van der Waals surface area contributed by atoms with Gasteiger partial charge in [-0.15, -0.1) is 0 Å². The van der Waals surface area contributed by atoms with Crippen molar-refractivity contribution in [3.05, 3.63) is 83.2 Å². The van der Waals surface area contributed by atoms with Crippen LogP contribution in [0, 0.1) is 11.6 Å². The summed E-state index contributed by atoms with van der Waals surface area (Å²) < 4.78 is 32.2. The van der Waals surface area contributed by atoms with Crippen LogP contribution in [0.1, 0.15) is 40.6 Å². The molecule has 0 saturated carbocycles. The van der Waals surface area contributed by atoms with E-state index in [-0.39, 0.29) is 23.5 Å². The number of para-hydroxylation sites is 1. The van der Waals surface area contributed by atoms with Gasteiger partial charge in [-0.25, -0.2) is 8.78 Å². The van der Waals surface area contributed by atoms with Gasteiger partial charge in [-0.05, 0) is 55.3 Å². The third kappa shape index (κ3) is 4.29. The molecule has 0 bridgehead atoms. The van der Waals surface area contributed by atoms with E-state index >= 15 is 0 Å². The average molecular weight is 397 g/mol. The highest BCUT2D eigenvalue weighted by atomic mass is 19.1. The van der Waals surface area contributed by atoms with Crippen LogP contribution in [0.5, 0.6) is 5.75 Å². The van der Waals surface area contributed by atoms with E-state index < -0.39 is 5.82 Å². The monoisotopic (exact) mass is 397 g/mol. The van der Waals surface area contributed by atoms with Gasteiger partial charge in [-0.3, -0.25) is 9.89 Å². The van der Waals surface area contributed by atoms with E-state index in [4.69, 9.17) is 4.74 Å². The molecule has 0 unspecified atom stereocenters. The van der Waals surface area contributed by atoms with E-state index in [0.29, 0.717) is 25.1 Å². The molecular weight excluding hydrogens is 376 g/mol. The van der Waals surface area contributed by atoms with Crippen LogP contribution in [0.4, 0.5) is 8.78 Å². The molecule has 1 N–H and O–H groups in total. The molecule has 5 nitrogen and oxygen atoms in total. The lowest BCUT2D eigenvalue weighted by Gasteiger charge is -2.23. The molecule has 3 aromatic rings. The molecule has 1 aliphatic heterocycles. The number of H-pyrrole nitrogens is 1. The lowest BCUT2D eigenvalue weighted by atomic mass is 10.1. The molecule has 0 radical (unpaired) electrons. The van der Waals surface area contributed by atoms with Crippen LogP contribution in [-0.2, 0) is 6.42 Å². The molecule has 4 rings (SSSR count). The van der Waals surface area contributed by atoms with Crippen LogP contribution in [0.25, 0.3) is 0 Å². The lowest BCUT2D eigenvalue weighted by Crippen LogP contribution is -2.30. The molecular formula is C22H21F2N3O2. The Morgan fingerprint density at radius 2 is 1.97 bits per heavy atom. The number of likely N-dealkylation sites (tertiary alicyclic amines) is 1. The Balaban J connectivity index is 1.39. The number of carbonyl (C=O) groups excluding carboxylic acids is 1. The van der Waals surface area contributed by atoms with Crippen LogP contribution < -0.4 is 4.74 Å². The maximum atomic E-state index is 13.6. The summed E-state index contributed by atoms with van der Waals surface area (Å²) in [5.41, 5.74) is 2.11. The topological polar surface area (TPSA) is 58.2 Å². The van der Waals surface area contributed by atoms with E-state index in [2.05, 4.69) is 10.2 Å². The Hall–Kier alpha value is -3.22. The minimum absolute atomic E-state index is 0.120. The predicted octanol–water partition coefficient (Wildman–Crippen LogP) is 4.29. The summed E-state index contributed by atoms with van der Waals surface area (Å²) in [7, 11) is 0. The van der Waals surface area contributed by atoms with Gasteiger partial charge in [0, 0.05) is 24.2 Å². The highest BCUT2D eigenvalue weighted by Gasteiger charge is 2.32. The Bertz CT molecular complexity index is 988. The molecule has 1 amide bonds. The second kappa shape index (κ2) is 8.43. The number of amides is 1. The average Bonchev–Trinajstić information content (AvgIpc) is 3.39. The number of aromatic amines is 1. The van der Waals surface area contributed by atoms with Crippen LogP contribution in [-0.4, -0.2) is 34.2 Å². The van der Waals surface area contributed by atoms with Crippen molar-refractivity contribution in [2.45, 2.75) is 25.3 Å². The van der Waals surface area contributed by atoms with E-state index in [1.165, 1.54) is 30.3 Å². The number of ether oxygens (including phenoxy) is 1. The fraction of sp³-hybridized carbons (Fsp3) is 0.273. The molecule has 1 aromatic heterocycles. The zero-order valence-corrected chi connectivity index (χ0v) is 15.8. The summed E-state index contributed by atoms with van der Waals surface area (Å²) in [6.45, 7) is 0.949. The minimum Gasteiger partial charge on any atom is -0.490 e. The SMILES string of the molecule is O=C(c1ccc(F)cc1)N1CCC[C@H]1c1cc(CCOc2ccccc2F)[nH]n1. The van der Waals surface area contributed by atoms with Gasteiger partial charge in [0.15, 0.2) is 11.6 Å². The zero-order valence-electron chi connectivity index (χ0n) is 15.8. The number of benzene rings is 2. The van der Waals surface area contributed by atoms with Crippen molar-refractivity contribution >= 4 is 5.91 Å². The Morgan fingerprint density at radius 1 is 1.17 bits per heavy atom. The maximum Gasteiger partial charge on any atom is 0.254 e. The molecule has 0 spiro atoms. The molecule has 1 aliphatic rings. The van der Waals surface area contributed by atoms with Crippen molar-refractivity contribution < 1.29 is 18.3 Å². The number of rotatable bonds is 6. The number of aromatic nitrogens is 2. The number of nitrogens with zero attached hydrogens (tertiary/aromatic N) is 2. The van der Waals surface area contributed by atoms with Gasteiger partial charge in [0.1, 0.15) is 5.82 Å². The van der Waals surface area contributed by atoms with Gasteiger partial charge in [-0.1, -0.05) is 12.1 Å². The molecule has 1 saturated heterocycles. The first kappa shape index (κ1) is 19.1. The molecule has 29 heavy (non-hydrogen) atoms. The van der Waals surface area contributed by atoms with Crippen molar-refractivity contribution in [1.29, 1.82) is 0 Å². The van der Waals surface area contributed by atoms with E-state index in [9.17, 15) is 13.6 Å². The highest BCUT2D eigenvalue weighted by molar-refractivity contribution is 5.94. The second-order valence-electron chi connectivity index (χ2n) is 7.01. The maximum absolute atomic E-state index is 13.6. The zero-order chi connectivity index (χ0) is 20.2. The van der Waals surface area contributed by atoms with Crippen molar-refractivity contribution in [3.8, 4) is 5.75 Å². The number of hydrogen-bond acceptors (Lipinski definition) is 3. The fourth-order valence-corrected chi connectivity index (χ4v) is 3.59. The van der Waals surface area contributed by atoms with Gasteiger partial charge in [-0.2, -0.15) is 5.10 Å². The van der Waals surface area contributed by atoms with Gasteiger partial charge < -0.3 is 9.64 Å². The van der Waals surface area contributed by atoms with Crippen LogP contribution in [0.15, 0.2) is 54.6 Å². The van der Waals surface area contributed by atoms with Crippen molar-refractivity contribution in [1.82, 2.24) is 15.1 Å². The summed E-state index contributed by atoms with van der Waals surface area (Å²) >= 11 is 0. The van der Waals surface area contributed by atoms with Crippen LogP contribution in [0.3, 0.4) is 0 Å². The fourth-order valence-electron chi connectivity index (χ4n) is 3.59. The van der Waals surface area contributed by atoms with Gasteiger partial charge >= 0.3 is 0 Å². The summed E-state index contributed by atoms with van der Waals surface area (Å²) in [5, 5.41) is 7.35. The van der Waals surface area contributed by atoms with Crippen molar-refractivity contribution in [2.24, 2.45) is 0 Å². The second-order valence-corrected chi connectivity index (χ2v) is 7.01. The number of hydrogen-bond donors (Lipinski definition) is 1. The van der Waals surface area contributed by atoms with Gasteiger partial charge in [0.2, 0.25) is 0 Å². The molecule has 150 valence electrons. The Morgan fingerprint density at radius 3 is 2.76 bits per heavy atom. The van der Waals surface area contributed by atoms with E-state index in [1.807, 2.05) is 6.07 Å². The van der Waals surface area contributed by atoms with Gasteiger partial charge in [0.25, 0.3) is 5.91 Å². The summed E-state index contributed by atoms with van der Waals surface area (Å²) in [5.74, 6) is -0.660. The molecule has 0 aliphatic carbocycles. The number of carbonyl (C=O) groups is 1. The summed E-state index contributed by atoms with van der Waals surface area (Å²) in [6, 6.07) is 13.7. The lowest BCUT2D eigenvalue weighted by molar-refractivity contribution is 0.0733. The Labute approximate surface area is 167 Å². The normalized spacial score (nSPS) is 16.2. The summed E-state index contributed by atoms with van der Waals surface area (Å²) in [6.07, 6.45) is 2.25. The van der Waals surface area contributed by atoms with E-state index in [0.717, 1.165) is 24.2 Å². The number of nitrogens with one attached hydrogen (secondary N) is 1. The quantitative estimate of drug-likeness (QED) is 0.675. The molecule has 1 fully saturated rings. The first-order valence-corrected chi connectivity index (χ1v) is 9.60. The first-order valence-electron chi connectivity index (χ1n) is 9.60. The van der Waals surface area contributed by atoms with Gasteiger partial charge in [0.05, 0.1) is 18.3 Å². The molecule has 1 atom stereocenters. The van der Waals surface area contributed by atoms with Crippen molar-refractivity contribution in [3.63, 3.8) is 0 Å². The third-order valence-corrected chi connectivity index (χ3v) is 5.06. The highest BCUT2D eigenvalue weighted by Crippen LogP contribution is 2.32. The summed E-state index contributed by atoms with van der Waals surface area (Å²) in [4.78, 5) is 14.6. The van der Waals surface area contributed by atoms with Crippen LogP contribution in [0.2, 0.25) is 0 Å². The first-order chi connectivity index (χ1) is 14.1. The van der Waals surface area contributed by atoms with Crippen molar-refractivity contribution in [2.75, 3.05) is 13.2 Å². The largest absolute Gasteiger partial charge is 0.490 e. The molecule has 2 aromatic carbocycles. The van der Waals surface area contributed by atoms with E-state index in [1.54, 1.807) is 23.1 Å².